The molecule has 0 aromatic heterocycles. The molecule has 0 amide bonds. The standard InChI is InChI=1S/C18H27BrO2/c1-6-20-18-15(19)10-16(18)21-17-13(11(2)3)8-7-9-14(17)12(4)5/h7-9,11-12,15-16,18H,6,10H2,1-5H3. The molecule has 3 heteroatoms. The van der Waals surface area contributed by atoms with Gasteiger partial charge in [0.25, 0.3) is 0 Å². The normalized spacial score (nSPS) is 25.2. The van der Waals surface area contributed by atoms with E-state index in [-0.39, 0.29) is 12.2 Å². The lowest BCUT2D eigenvalue weighted by Gasteiger charge is -2.41. The van der Waals surface area contributed by atoms with E-state index in [4.69, 9.17) is 9.47 Å². The van der Waals surface area contributed by atoms with Crippen molar-refractivity contribution in [1.29, 1.82) is 0 Å². The van der Waals surface area contributed by atoms with Gasteiger partial charge in [0.1, 0.15) is 18.0 Å². The van der Waals surface area contributed by atoms with Gasteiger partial charge in [0.2, 0.25) is 0 Å². The molecule has 2 rings (SSSR count). The van der Waals surface area contributed by atoms with Crippen LogP contribution in [0.3, 0.4) is 0 Å². The summed E-state index contributed by atoms with van der Waals surface area (Å²) in [5, 5.41) is 0. The summed E-state index contributed by atoms with van der Waals surface area (Å²) in [7, 11) is 0. The van der Waals surface area contributed by atoms with E-state index in [2.05, 4.69) is 61.8 Å². The van der Waals surface area contributed by atoms with Gasteiger partial charge in [-0.2, -0.15) is 0 Å². The fourth-order valence-electron chi connectivity index (χ4n) is 2.82. The van der Waals surface area contributed by atoms with Gasteiger partial charge in [0, 0.05) is 17.9 Å². The second-order valence-electron chi connectivity index (χ2n) is 6.40. The lowest BCUT2D eigenvalue weighted by atomic mass is 9.90. The molecular formula is C18H27BrO2. The molecule has 0 heterocycles. The van der Waals surface area contributed by atoms with Crippen LogP contribution in [-0.2, 0) is 4.74 Å². The Kier molecular flexibility index (Phi) is 5.73. The summed E-state index contributed by atoms with van der Waals surface area (Å²) >= 11 is 3.67. The first kappa shape index (κ1) is 16.8. The predicted octanol–water partition coefficient (Wildman–Crippen LogP) is 5.25. The van der Waals surface area contributed by atoms with E-state index in [1.807, 2.05) is 6.92 Å². The molecule has 1 aromatic rings. The van der Waals surface area contributed by atoms with Crippen LogP contribution in [-0.4, -0.2) is 23.6 Å². The Morgan fingerprint density at radius 3 is 2.14 bits per heavy atom. The van der Waals surface area contributed by atoms with Crippen molar-refractivity contribution < 1.29 is 9.47 Å². The third kappa shape index (κ3) is 3.62. The minimum atomic E-state index is 0.159. The number of ether oxygens (including phenoxy) is 2. The SMILES string of the molecule is CCOC1C(Br)CC1Oc1c(C(C)C)cccc1C(C)C. The maximum Gasteiger partial charge on any atom is 0.127 e. The lowest BCUT2D eigenvalue weighted by Crippen LogP contribution is -2.52. The molecule has 0 radical (unpaired) electrons. The van der Waals surface area contributed by atoms with Crippen LogP contribution >= 0.6 is 15.9 Å². The summed E-state index contributed by atoms with van der Waals surface area (Å²) in [6.45, 7) is 11.7. The molecule has 0 spiro atoms. The highest BCUT2D eigenvalue weighted by atomic mass is 79.9. The summed E-state index contributed by atoms with van der Waals surface area (Å²) in [6, 6.07) is 6.52. The highest BCUT2D eigenvalue weighted by molar-refractivity contribution is 9.09. The largest absolute Gasteiger partial charge is 0.487 e. The zero-order valence-electron chi connectivity index (χ0n) is 13.7. The summed E-state index contributed by atoms with van der Waals surface area (Å²) < 4.78 is 12.2. The van der Waals surface area contributed by atoms with Gasteiger partial charge in [0.15, 0.2) is 0 Å². The first-order valence-electron chi connectivity index (χ1n) is 8.00. The number of halogens is 1. The van der Waals surface area contributed by atoms with Crippen molar-refractivity contribution in [3.63, 3.8) is 0 Å². The van der Waals surface area contributed by atoms with Gasteiger partial charge in [-0.25, -0.2) is 0 Å². The Morgan fingerprint density at radius 1 is 1.14 bits per heavy atom. The van der Waals surface area contributed by atoms with Crippen molar-refractivity contribution in [1.82, 2.24) is 0 Å². The molecule has 1 aromatic carbocycles. The first-order chi connectivity index (χ1) is 9.95. The van der Waals surface area contributed by atoms with E-state index in [0.29, 0.717) is 16.7 Å². The molecule has 3 atom stereocenters. The van der Waals surface area contributed by atoms with Crippen molar-refractivity contribution in [3.05, 3.63) is 29.3 Å². The van der Waals surface area contributed by atoms with Gasteiger partial charge in [0.05, 0.1) is 0 Å². The van der Waals surface area contributed by atoms with Crippen LogP contribution in [0.25, 0.3) is 0 Å². The van der Waals surface area contributed by atoms with Crippen LogP contribution in [0, 0.1) is 0 Å². The average Bonchev–Trinajstić information content (AvgIpc) is 2.44. The molecule has 0 bridgehead atoms. The molecule has 0 aliphatic heterocycles. The Morgan fingerprint density at radius 2 is 1.71 bits per heavy atom. The molecule has 1 fully saturated rings. The quantitative estimate of drug-likeness (QED) is 0.649. The zero-order chi connectivity index (χ0) is 15.6. The highest BCUT2D eigenvalue weighted by Crippen LogP contribution is 2.40. The van der Waals surface area contributed by atoms with Gasteiger partial charge in [-0.15, -0.1) is 0 Å². The molecule has 1 saturated carbocycles. The summed E-state index contributed by atoms with van der Waals surface area (Å²) in [5.41, 5.74) is 2.60. The molecule has 2 nitrogen and oxygen atoms in total. The second-order valence-corrected chi connectivity index (χ2v) is 7.58. The number of alkyl halides is 1. The number of para-hydroxylation sites is 1. The summed E-state index contributed by atoms with van der Waals surface area (Å²) in [6.07, 6.45) is 1.33. The van der Waals surface area contributed by atoms with Crippen molar-refractivity contribution in [3.8, 4) is 5.75 Å². The molecule has 1 aliphatic carbocycles. The van der Waals surface area contributed by atoms with Crippen LogP contribution in [0.2, 0.25) is 0 Å². The smallest absolute Gasteiger partial charge is 0.127 e. The van der Waals surface area contributed by atoms with Crippen molar-refractivity contribution >= 4 is 15.9 Å². The zero-order valence-corrected chi connectivity index (χ0v) is 15.3. The minimum Gasteiger partial charge on any atom is -0.487 e. The number of hydrogen-bond acceptors (Lipinski definition) is 2. The number of benzene rings is 1. The Hall–Kier alpha value is -0.540. The lowest BCUT2D eigenvalue weighted by molar-refractivity contribution is -0.0730. The van der Waals surface area contributed by atoms with Crippen LogP contribution in [0.15, 0.2) is 18.2 Å². The van der Waals surface area contributed by atoms with E-state index < -0.39 is 0 Å². The Balaban J connectivity index is 2.26. The van der Waals surface area contributed by atoms with Crippen molar-refractivity contribution in [2.24, 2.45) is 0 Å². The third-order valence-corrected chi connectivity index (χ3v) is 5.02. The van der Waals surface area contributed by atoms with Crippen LogP contribution in [0.4, 0.5) is 0 Å². The van der Waals surface area contributed by atoms with E-state index in [1.54, 1.807) is 0 Å². The van der Waals surface area contributed by atoms with Crippen molar-refractivity contribution in [2.75, 3.05) is 6.61 Å². The van der Waals surface area contributed by atoms with Gasteiger partial charge in [-0.05, 0) is 29.9 Å². The van der Waals surface area contributed by atoms with Crippen molar-refractivity contribution in [2.45, 2.75) is 69.9 Å². The van der Waals surface area contributed by atoms with Crippen LogP contribution in [0.1, 0.15) is 64.0 Å². The first-order valence-corrected chi connectivity index (χ1v) is 8.92. The van der Waals surface area contributed by atoms with Gasteiger partial charge < -0.3 is 9.47 Å². The second kappa shape index (κ2) is 7.15. The fourth-order valence-corrected chi connectivity index (χ4v) is 3.68. The molecule has 118 valence electrons. The Bertz CT molecular complexity index is 444. The maximum atomic E-state index is 6.42. The van der Waals surface area contributed by atoms with Gasteiger partial charge >= 0.3 is 0 Å². The van der Waals surface area contributed by atoms with E-state index >= 15 is 0 Å². The summed E-state index contributed by atoms with van der Waals surface area (Å²) in [4.78, 5) is 0.413. The van der Waals surface area contributed by atoms with Gasteiger partial charge in [-0.3, -0.25) is 0 Å². The van der Waals surface area contributed by atoms with E-state index in [0.717, 1.165) is 18.8 Å². The molecule has 21 heavy (non-hydrogen) atoms. The van der Waals surface area contributed by atoms with E-state index in [1.165, 1.54) is 11.1 Å². The maximum absolute atomic E-state index is 6.42. The molecular weight excluding hydrogens is 328 g/mol. The monoisotopic (exact) mass is 354 g/mol. The van der Waals surface area contributed by atoms with Crippen LogP contribution in [0.5, 0.6) is 5.75 Å². The summed E-state index contributed by atoms with van der Waals surface area (Å²) in [5.74, 6) is 2.00. The van der Waals surface area contributed by atoms with E-state index in [9.17, 15) is 0 Å². The van der Waals surface area contributed by atoms with Crippen LogP contribution < -0.4 is 4.74 Å². The molecule has 0 N–H and O–H groups in total. The molecule has 0 saturated heterocycles. The molecule has 3 unspecified atom stereocenters. The van der Waals surface area contributed by atoms with Gasteiger partial charge in [-0.1, -0.05) is 61.8 Å². The third-order valence-electron chi connectivity index (χ3n) is 4.13. The molecule has 1 aliphatic rings. The number of hydrogen-bond donors (Lipinski definition) is 0. The Labute approximate surface area is 137 Å². The minimum absolute atomic E-state index is 0.159. The average molecular weight is 355 g/mol. The highest BCUT2D eigenvalue weighted by Gasteiger charge is 2.42. The fraction of sp³-hybridized carbons (Fsp3) is 0.667. The number of rotatable bonds is 6. The predicted molar refractivity (Wildman–Crippen MR) is 91.8 cm³/mol. The topological polar surface area (TPSA) is 18.5 Å².